The molecule has 5 aromatic carbocycles. The molecule has 0 unspecified atom stereocenters. The lowest BCUT2D eigenvalue weighted by molar-refractivity contribution is 0.0686. The van der Waals surface area contributed by atoms with Crippen LogP contribution in [0.1, 0.15) is 20.7 Å². The van der Waals surface area contributed by atoms with Gasteiger partial charge in [-0.1, -0.05) is 60.7 Å². The maximum Gasteiger partial charge on any atom is 0.335 e. The molecule has 6 nitrogen and oxygen atoms in total. The van der Waals surface area contributed by atoms with E-state index in [2.05, 4.69) is 0 Å². The van der Waals surface area contributed by atoms with E-state index in [9.17, 15) is 9.59 Å². The molecule has 5 aromatic rings. The predicted octanol–water partition coefficient (Wildman–Crippen LogP) is 8.00. The Labute approximate surface area is 219 Å². The SMILES string of the molecule is O=C(O)c1cccc(Oc2ccc(-c3ccc(-c4ccc(Oc5cccc(C(=O)O)c5)cc4)cc3)cc2)c1. The van der Waals surface area contributed by atoms with Gasteiger partial charge >= 0.3 is 11.9 Å². The van der Waals surface area contributed by atoms with Crippen LogP contribution in [-0.2, 0) is 0 Å². The van der Waals surface area contributed by atoms with Crippen molar-refractivity contribution < 1.29 is 29.3 Å². The van der Waals surface area contributed by atoms with Gasteiger partial charge in [-0.15, -0.1) is 0 Å². The monoisotopic (exact) mass is 502 g/mol. The van der Waals surface area contributed by atoms with E-state index in [4.69, 9.17) is 19.7 Å². The molecule has 0 aromatic heterocycles. The van der Waals surface area contributed by atoms with E-state index in [-0.39, 0.29) is 11.1 Å². The zero-order chi connectivity index (χ0) is 26.5. The lowest BCUT2D eigenvalue weighted by atomic mass is 10.0. The molecule has 5 rings (SSSR count). The molecule has 0 heterocycles. The summed E-state index contributed by atoms with van der Waals surface area (Å²) < 4.78 is 11.6. The first-order valence-corrected chi connectivity index (χ1v) is 11.8. The number of hydrogen-bond acceptors (Lipinski definition) is 4. The molecule has 6 heteroatoms. The highest BCUT2D eigenvalue weighted by Gasteiger charge is 2.07. The van der Waals surface area contributed by atoms with E-state index in [1.807, 2.05) is 72.8 Å². The minimum absolute atomic E-state index is 0.173. The standard InChI is InChI=1S/C32H22O6/c33-31(34)25-3-1-5-29(19-25)37-27-15-11-23(12-16-27)21-7-9-22(10-8-21)24-13-17-28(18-14-24)38-30-6-2-4-26(20-30)32(35)36/h1-20H,(H,33,34)(H,35,36). The van der Waals surface area contributed by atoms with Crippen LogP contribution in [0.15, 0.2) is 121 Å². The minimum atomic E-state index is -0.998. The second kappa shape index (κ2) is 10.7. The number of ether oxygens (including phenoxy) is 2. The van der Waals surface area contributed by atoms with Crippen LogP contribution in [0, 0.1) is 0 Å². The zero-order valence-electron chi connectivity index (χ0n) is 20.1. The Balaban J connectivity index is 1.24. The molecule has 0 aliphatic heterocycles. The van der Waals surface area contributed by atoms with Crippen LogP contribution in [-0.4, -0.2) is 22.2 Å². The summed E-state index contributed by atoms with van der Waals surface area (Å²) in [5.74, 6) is 0.165. The van der Waals surface area contributed by atoms with Crippen molar-refractivity contribution in [3.8, 4) is 45.3 Å². The summed E-state index contributed by atoms with van der Waals surface area (Å²) in [6, 6.07) is 36.1. The quantitative estimate of drug-likeness (QED) is 0.223. The normalized spacial score (nSPS) is 10.5. The first-order chi connectivity index (χ1) is 18.4. The van der Waals surface area contributed by atoms with Gasteiger partial charge in [0.15, 0.2) is 0 Å². The van der Waals surface area contributed by atoms with Crippen molar-refractivity contribution in [2.75, 3.05) is 0 Å². The van der Waals surface area contributed by atoms with Crippen molar-refractivity contribution in [2.45, 2.75) is 0 Å². The maximum atomic E-state index is 11.2. The van der Waals surface area contributed by atoms with E-state index >= 15 is 0 Å². The zero-order valence-corrected chi connectivity index (χ0v) is 20.1. The Hall–Kier alpha value is -5.36. The van der Waals surface area contributed by atoms with Gasteiger partial charge in [-0.3, -0.25) is 0 Å². The summed E-state index contributed by atoms with van der Waals surface area (Å²) in [5, 5.41) is 18.3. The van der Waals surface area contributed by atoms with Crippen molar-refractivity contribution in [3.05, 3.63) is 132 Å². The molecule has 0 radical (unpaired) electrons. The van der Waals surface area contributed by atoms with Crippen molar-refractivity contribution in [3.63, 3.8) is 0 Å². The second-order valence-electron chi connectivity index (χ2n) is 8.50. The predicted molar refractivity (Wildman–Crippen MR) is 144 cm³/mol. The third-order valence-corrected chi connectivity index (χ3v) is 5.89. The molecule has 0 saturated carbocycles. The Morgan fingerprint density at radius 1 is 0.421 bits per heavy atom. The second-order valence-corrected chi connectivity index (χ2v) is 8.50. The lowest BCUT2D eigenvalue weighted by Crippen LogP contribution is -1.96. The summed E-state index contributed by atoms with van der Waals surface area (Å²) in [6.07, 6.45) is 0. The average Bonchev–Trinajstić information content (AvgIpc) is 2.94. The Morgan fingerprint density at radius 2 is 0.737 bits per heavy atom. The van der Waals surface area contributed by atoms with Gasteiger partial charge in [0.1, 0.15) is 23.0 Å². The van der Waals surface area contributed by atoms with Crippen molar-refractivity contribution in [2.24, 2.45) is 0 Å². The number of aromatic carboxylic acids is 2. The molecule has 0 atom stereocenters. The molecule has 186 valence electrons. The molecular formula is C32H22O6. The number of hydrogen-bond donors (Lipinski definition) is 2. The molecule has 38 heavy (non-hydrogen) atoms. The fourth-order valence-corrected chi connectivity index (χ4v) is 3.94. The third-order valence-electron chi connectivity index (χ3n) is 5.89. The Morgan fingerprint density at radius 3 is 1.05 bits per heavy atom. The average molecular weight is 503 g/mol. The van der Waals surface area contributed by atoms with Crippen molar-refractivity contribution in [1.82, 2.24) is 0 Å². The lowest BCUT2D eigenvalue weighted by Gasteiger charge is -2.09. The number of rotatable bonds is 8. The van der Waals surface area contributed by atoms with E-state index in [1.54, 1.807) is 24.3 Å². The maximum absolute atomic E-state index is 11.2. The fourth-order valence-electron chi connectivity index (χ4n) is 3.94. The molecule has 2 N–H and O–H groups in total. The first kappa shape index (κ1) is 24.3. The van der Waals surface area contributed by atoms with E-state index in [0.29, 0.717) is 23.0 Å². The summed E-state index contributed by atoms with van der Waals surface area (Å²) >= 11 is 0. The molecule has 0 fully saturated rings. The Kier molecular flexibility index (Phi) is 6.87. The highest BCUT2D eigenvalue weighted by Crippen LogP contribution is 2.30. The van der Waals surface area contributed by atoms with Gasteiger partial charge in [-0.25, -0.2) is 9.59 Å². The van der Waals surface area contributed by atoms with E-state index in [0.717, 1.165) is 22.3 Å². The summed E-state index contributed by atoms with van der Waals surface area (Å²) in [5.41, 5.74) is 4.49. The molecule has 0 aliphatic carbocycles. The summed E-state index contributed by atoms with van der Waals surface area (Å²) in [4.78, 5) is 22.3. The van der Waals surface area contributed by atoms with Crippen LogP contribution in [0.5, 0.6) is 23.0 Å². The van der Waals surface area contributed by atoms with Crippen LogP contribution in [0.4, 0.5) is 0 Å². The van der Waals surface area contributed by atoms with Crippen LogP contribution < -0.4 is 9.47 Å². The highest BCUT2D eigenvalue weighted by molar-refractivity contribution is 5.88. The fraction of sp³-hybridized carbons (Fsp3) is 0. The van der Waals surface area contributed by atoms with E-state index in [1.165, 1.54) is 24.3 Å². The third kappa shape index (κ3) is 5.71. The number of benzene rings is 5. The molecular weight excluding hydrogens is 480 g/mol. The number of carbonyl (C=O) groups is 2. The molecule has 0 amide bonds. The summed E-state index contributed by atoms with van der Waals surface area (Å²) in [7, 11) is 0. The van der Waals surface area contributed by atoms with Crippen LogP contribution >= 0.6 is 0 Å². The smallest absolute Gasteiger partial charge is 0.335 e. The number of carboxylic acid groups (broad SMARTS) is 2. The molecule has 0 saturated heterocycles. The van der Waals surface area contributed by atoms with Crippen molar-refractivity contribution in [1.29, 1.82) is 0 Å². The molecule has 0 aliphatic rings. The van der Waals surface area contributed by atoms with Gasteiger partial charge in [0.25, 0.3) is 0 Å². The van der Waals surface area contributed by atoms with Gasteiger partial charge in [0.05, 0.1) is 11.1 Å². The van der Waals surface area contributed by atoms with Gasteiger partial charge < -0.3 is 19.7 Å². The minimum Gasteiger partial charge on any atom is -0.478 e. The van der Waals surface area contributed by atoms with Gasteiger partial charge in [-0.05, 0) is 82.9 Å². The van der Waals surface area contributed by atoms with E-state index < -0.39 is 11.9 Å². The number of carboxylic acids is 2. The first-order valence-electron chi connectivity index (χ1n) is 11.8. The van der Waals surface area contributed by atoms with Crippen LogP contribution in [0.25, 0.3) is 22.3 Å². The van der Waals surface area contributed by atoms with Gasteiger partial charge in [0.2, 0.25) is 0 Å². The largest absolute Gasteiger partial charge is 0.478 e. The molecule has 0 spiro atoms. The topological polar surface area (TPSA) is 93.1 Å². The molecule has 0 bridgehead atoms. The van der Waals surface area contributed by atoms with Crippen molar-refractivity contribution >= 4 is 11.9 Å². The summed E-state index contributed by atoms with van der Waals surface area (Å²) in [6.45, 7) is 0. The highest BCUT2D eigenvalue weighted by atomic mass is 16.5. The van der Waals surface area contributed by atoms with Crippen LogP contribution in [0.2, 0.25) is 0 Å². The van der Waals surface area contributed by atoms with Crippen LogP contribution in [0.3, 0.4) is 0 Å². The Bertz CT molecular complexity index is 1470. The van der Waals surface area contributed by atoms with Gasteiger partial charge in [0, 0.05) is 0 Å². The van der Waals surface area contributed by atoms with Gasteiger partial charge in [-0.2, -0.15) is 0 Å².